The molecule has 1 N–H and O–H groups in total. The number of rotatable bonds is 6. The summed E-state index contributed by atoms with van der Waals surface area (Å²) in [6.07, 6.45) is 0. The molecule has 0 saturated heterocycles. The highest BCUT2D eigenvalue weighted by atomic mass is 16.5. The highest BCUT2D eigenvalue weighted by molar-refractivity contribution is 6.05. The first kappa shape index (κ1) is 20.8. The molecule has 0 fully saturated rings. The van der Waals surface area contributed by atoms with Gasteiger partial charge >= 0.3 is 0 Å². The van der Waals surface area contributed by atoms with Crippen molar-refractivity contribution in [3.8, 4) is 45.4 Å². The zero-order valence-electron chi connectivity index (χ0n) is 19.1. The van der Waals surface area contributed by atoms with Crippen LogP contribution in [0.3, 0.4) is 0 Å². The Bertz CT molecular complexity index is 1440. The van der Waals surface area contributed by atoms with Crippen LogP contribution in [0.15, 0.2) is 72.8 Å². The van der Waals surface area contributed by atoms with Crippen molar-refractivity contribution in [3.05, 3.63) is 72.8 Å². The second-order valence-corrected chi connectivity index (χ2v) is 7.76. The van der Waals surface area contributed by atoms with Crippen molar-refractivity contribution in [2.45, 2.75) is 0 Å². The zero-order valence-corrected chi connectivity index (χ0v) is 19.1. The lowest BCUT2D eigenvalue weighted by atomic mass is 9.96. The van der Waals surface area contributed by atoms with E-state index in [2.05, 4.69) is 53.5 Å². The quantitative estimate of drug-likeness (QED) is 0.320. The minimum absolute atomic E-state index is 0.563. The van der Waals surface area contributed by atoms with Gasteiger partial charge in [0, 0.05) is 16.5 Å². The van der Waals surface area contributed by atoms with Crippen LogP contribution >= 0.6 is 0 Å². The lowest BCUT2D eigenvalue weighted by Crippen LogP contribution is -1.96. The molecule has 0 radical (unpaired) electrons. The fourth-order valence-corrected chi connectivity index (χ4v) is 4.38. The number of nitrogens with one attached hydrogen (secondary N) is 1. The van der Waals surface area contributed by atoms with Gasteiger partial charge in [-0.25, -0.2) is 0 Å². The maximum Gasteiger partial charge on any atom is 0.203 e. The molecule has 0 spiro atoms. The van der Waals surface area contributed by atoms with Crippen molar-refractivity contribution in [2.24, 2.45) is 0 Å². The predicted octanol–water partition coefficient (Wildman–Crippen LogP) is 6.69. The topological polar surface area (TPSA) is 52.7 Å². The zero-order chi connectivity index (χ0) is 22.9. The van der Waals surface area contributed by atoms with E-state index < -0.39 is 0 Å². The van der Waals surface area contributed by atoms with Gasteiger partial charge in [-0.3, -0.25) is 0 Å². The molecular formula is C28H25NO4. The lowest BCUT2D eigenvalue weighted by molar-refractivity contribution is 0.324. The van der Waals surface area contributed by atoms with E-state index in [9.17, 15) is 0 Å². The van der Waals surface area contributed by atoms with E-state index in [1.165, 1.54) is 10.8 Å². The Hall–Kier alpha value is -4.12. The molecule has 5 aromatic rings. The number of benzene rings is 4. The highest BCUT2D eigenvalue weighted by Crippen LogP contribution is 2.46. The summed E-state index contributed by atoms with van der Waals surface area (Å²) in [6.45, 7) is 0. The van der Waals surface area contributed by atoms with Crippen molar-refractivity contribution < 1.29 is 18.9 Å². The summed E-state index contributed by atoms with van der Waals surface area (Å²) in [5, 5.41) is 3.43. The molecule has 4 aromatic carbocycles. The van der Waals surface area contributed by atoms with E-state index >= 15 is 0 Å². The third-order valence-corrected chi connectivity index (χ3v) is 6.00. The number of methoxy groups -OCH3 is 4. The van der Waals surface area contributed by atoms with Crippen LogP contribution in [-0.4, -0.2) is 33.4 Å². The van der Waals surface area contributed by atoms with E-state index in [0.717, 1.165) is 39.0 Å². The molecule has 0 atom stereocenters. The number of aromatic amines is 1. The fourth-order valence-electron chi connectivity index (χ4n) is 4.38. The Balaban J connectivity index is 1.83. The molecule has 0 aliphatic carbocycles. The van der Waals surface area contributed by atoms with Crippen LogP contribution in [0.2, 0.25) is 0 Å². The van der Waals surface area contributed by atoms with Crippen molar-refractivity contribution in [3.63, 3.8) is 0 Å². The predicted molar refractivity (Wildman–Crippen MR) is 133 cm³/mol. The first-order valence-corrected chi connectivity index (χ1v) is 10.7. The van der Waals surface area contributed by atoms with Gasteiger partial charge in [-0.2, -0.15) is 0 Å². The molecule has 33 heavy (non-hydrogen) atoms. The molecule has 0 aliphatic heterocycles. The van der Waals surface area contributed by atoms with Crippen molar-refractivity contribution >= 4 is 21.7 Å². The van der Waals surface area contributed by atoms with Crippen molar-refractivity contribution in [1.29, 1.82) is 0 Å². The second-order valence-electron chi connectivity index (χ2n) is 7.76. The first-order chi connectivity index (χ1) is 16.2. The van der Waals surface area contributed by atoms with Crippen molar-refractivity contribution in [1.82, 2.24) is 4.98 Å². The largest absolute Gasteiger partial charge is 0.497 e. The standard InChI is InChI=1S/C28H25NO4/c1-30-21-11-12-23-22(16-21)26(20-14-24(31-2)28(33-4)25(15-20)32-3)27(29-23)19-10-9-17-7-5-6-8-18(17)13-19/h5-16,29H,1-4H3. The van der Waals surface area contributed by atoms with Crippen LogP contribution in [0.1, 0.15) is 0 Å². The number of fused-ring (bicyclic) bond motifs is 2. The fraction of sp³-hybridized carbons (Fsp3) is 0.143. The molecule has 0 unspecified atom stereocenters. The SMILES string of the molecule is COc1ccc2[nH]c(-c3ccc4ccccc4c3)c(-c3cc(OC)c(OC)c(OC)c3)c2c1. The van der Waals surface area contributed by atoms with Crippen LogP contribution in [0.25, 0.3) is 44.1 Å². The maximum atomic E-state index is 5.64. The molecule has 0 saturated carbocycles. The average Bonchev–Trinajstić information content (AvgIpc) is 3.26. The van der Waals surface area contributed by atoms with Gasteiger partial charge in [0.05, 0.1) is 34.1 Å². The van der Waals surface area contributed by atoms with Gasteiger partial charge in [-0.05, 0) is 58.3 Å². The molecule has 0 bridgehead atoms. The van der Waals surface area contributed by atoms with E-state index in [0.29, 0.717) is 17.2 Å². The highest BCUT2D eigenvalue weighted by Gasteiger charge is 2.20. The number of aromatic nitrogens is 1. The normalized spacial score (nSPS) is 11.0. The Labute approximate surface area is 192 Å². The molecule has 5 nitrogen and oxygen atoms in total. The maximum absolute atomic E-state index is 5.64. The summed E-state index contributed by atoms with van der Waals surface area (Å²) in [5.41, 5.74) is 5.11. The molecule has 166 valence electrons. The number of hydrogen-bond donors (Lipinski definition) is 1. The third-order valence-electron chi connectivity index (χ3n) is 6.00. The van der Waals surface area contributed by atoms with E-state index in [4.69, 9.17) is 18.9 Å². The third kappa shape index (κ3) is 3.52. The van der Waals surface area contributed by atoms with Gasteiger partial charge in [0.1, 0.15) is 5.75 Å². The Morgan fingerprint density at radius 3 is 2.00 bits per heavy atom. The smallest absolute Gasteiger partial charge is 0.203 e. The van der Waals surface area contributed by atoms with Crippen molar-refractivity contribution in [2.75, 3.05) is 28.4 Å². The van der Waals surface area contributed by atoms with Gasteiger partial charge in [-0.15, -0.1) is 0 Å². The van der Waals surface area contributed by atoms with Crippen LogP contribution in [0.5, 0.6) is 23.0 Å². The Kier molecular flexibility index (Phi) is 5.31. The Morgan fingerprint density at radius 2 is 1.33 bits per heavy atom. The van der Waals surface area contributed by atoms with Gasteiger partial charge in [-0.1, -0.05) is 36.4 Å². The molecule has 5 heteroatoms. The van der Waals surface area contributed by atoms with E-state index in [1.807, 2.05) is 24.3 Å². The molecule has 5 rings (SSSR count). The van der Waals surface area contributed by atoms with Gasteiger partial charge in [0.25, 0.3) is 0 Å². The van der Waals surface area contributed by atoms with Crippen LogP contribution in [0, 0.1) is 0 Å². The monoisotopic (exact) mass is 439 g/mol. The minimum Gasteiger partial charge on any atom is -0.497 e. The summed E-state index contributed by atoms with van der Waals surface area (Å²) < 4.78 is 22.3. The molecule has 0 amide bonds. The van der Waals surface area contributed by atoms with Crippen LogP contribution < -0.4 is 18.9 Å². The Morgan fingerprint density at radius 1 is 0.606 bits per heavy atom. The molecular weight excluding hydrogens is 414 g/mol. The molecule has 1 aromatic heterocycles. The van der Waals surface area contributed by atoms with Gasteiger partial charge < -0.3 is 23.9 Å². The van der Waals surface area contributed by atoms with Crippen LogP contribution in [-0.2, 0) is 0 Å². The number of hydrogen-bond acceptors (Lipinski definition) is 4. The lowest BCUT2D eigenvalue weighted by Gasteiger charge is -2.15. The molecule has 0 aliphatic rings. The van der Waals surface area contributed by atoms with Gasteiger partial charge in [0.15, 0.2) is 11.5 Å². The van der Waals surface area contributed by atoms with E-state index in [1.54, 1.807) is 28.4 Å². The summed E-state index contributed by atoms with van der Waals surface area (Å²) in [5.74, 6) is 2.57. The number of ether oxygens (including phenoxy) is 4. The summed E-state index contributed by atoms with van der Waals surface area (Å²) in [4.78, 5) is 3.63. The average molecular weight is 440 g/mol. The van der Waals surface area contributed by atoms with Crippen LogP contribution in [0.4, 0.5) is 0 Å². The summed E-state index contributed by atoms with van der Waals surface area (Å²) >= 11 is 0. The van der Waals surface area contributed by atoms with E-state index in [-0.39, 0.29) is 0 Å². The molecule has 1 heterocycles. The summed E-state index contributed by atoms with van der Waals surface area (Å²) in [7, 11) is 6.54. The summed E-state index contributed by atoms with van der Waals surface area (Å²) in [6, 6.07) is 24.9. The second kappa shape index (κ2) is 8.43. The number of H-pyrrole nitrogens is 1. The van der Waals surface area contributed by atoms with Gasteiger partial charge in [0.2, 0.25) is 5.75 Å². The minimum atomic E-state index is 0.563. The first-order valence-electron chi connectivity index (χ1n) is 10.7.